The van der Waals surface area contributed by atoms with E-state index in [4.69, 9.17) is 10.7 Å². The molecule has 0 amide bonds. The number of aromatic nitrogens is 3. The molecule has 2 aliphatic heterocycles. The van der Waals surface area contributed by atoms with Crippen molar-refractivity contribution >= 4 is 5.95 Å². The zero-order valence-corrected chi connectivity index (χ0v) is 12.9. The van der Waals surface area contributed by atoms with Crippen molar-refractivity contribution < 1.29 is 0 Å². The Morgan fingerprint density at radius 2 is 1.65 bits per heavy atom. The summed E-state index contributed by atoms with van der Waals surface area (Å²) < 4.78 is 0. The van der Waals surface area contributed by atoms with Gasteiger partial charge in [0.1, 0.15) is 11.6 Å². The quantitative estimate of drug-likeness (QED) is 0.850. The van der Waals surface area contributed by atoms with Crippen LogP contribution in [-0.2, 0) is 5.41 Å². The van der Waals surface area contributed by atoms with E-state index in [1.54, 1.807) is 0 Å². The summed E-state index contributed by atoms with van der Waals surface area (Å²) in [6.45, 7) is 6.34. The number of nitrogen functional groups attached to an aromatic ring is 1. The van der Waals surface area contributed by atoms with E-state index in [9.17, 15) is 0 Å². The molecule has 0 radical (unpaired) electrons. The first kappa shape index (κ1) is 13.7. The number of nitrogens with zero attached hydrogens (tertiary/aromatic N) is 4. The van der Waals surface area contributed by atoms with Crippen LogP contribution in [0, 0.1) is 0 Å². The number of piperidine rings is 1. The Bertz CT molecular complexity index is 493. The van der Waals surface area contributed by atoms with Crippen molar-refractivity contribution in [2.24, 2.45) is 0 Å². The lowest BCUT2D eigenvalue weighted by Gasteiger charge is -2.35. The van der Waals surface area contributed by atoms with E-state index in [-0.39, 0.29) is 5.41 Å². The van der Waals surface area contributed by atoms with Gasteiger partial charge in [-0.2, -0.15) is 9.97 Å². The number of anilines is 1. The maximum absolute atomic E-state index is 5.90. The third kappa shape index (κ3) is 2.39. The van der Waals surface area contributed by atoms with E-state index in [0.29, 0.717) is 23.9 Å². The van der Waals surface area contributed by atoms with Gasteiger partial charge >= 0.3 is 0 Å². The Morgan fingerprint density at radius 1 is 1.05 bits per heavy atom. The zero-order chi connectivity index (χ0) is 14.5. The van der Waals surface area contributed by atoms with Crippen molar-refractivity contribution in [3.63, 3.8) is 0 Å². The maximum atomic E-state index is 5.90. The van der Waals surface area contributed by atoms with Crippen LogP contribution < -0.4 is 5.73 Å². The van der Waals surface area contributed by atoms with Gasteiger partial charge in [0.05, 0.1) is 0 Å². The van der Waals surface area contributed by atoms with Gasteiger partial charge in [0.15, 0.2) is 0 Å². The highest BCUT2D eigenvalue weighted by atomic mass is 15.2. The summed E-state index contributed by atoms with van der Waals surface area (Å²) in [5.41, 5.74) is 5.82. The molecule has 5 heteroatoms. The highest BCUT2D eigenvalue weighted by Gasteiger charge is 2.40. The Labute approximate surface area is 121 Å². The van der Waals surface area contributed by atoms with E-state index >= 15 is 0 Å². The van der Waals surface area contributed by atoms with Crippen molar-refractivity contribution in [2.45, 2.75) is 69.9 Å². The monoisotopic (exact) mass is 275 g/mol. The van der Waals surface area contributed by atoms with Crippen LogP contribution in [0.4, 0.5) is 5.95 Å². The van der Waals surface area contributed by atoms with Gasteiger partial charge in [-0.25, -0.2) is 4.98 Å². The fourth-order valence-corrected chi connectivity index (χ4v) is 3.55. The Morgan fingerprint density at radius 3 is 2.20 bits per heavy atom. The highest BCUT2D eigenvalue weighted by Crippen LogP contribution is 2.41. The minimum atomic E-state index is -0.0871. The Kier molecular flexibility index (Phi) is 3.20. The van der Waals surface area contributed by atoms with Crippen LogP contribution >= 0.6 is 0 Å². The summed E-state index contributed by atoms with van der Waals surface area (Å²) in [5, 5.41) is 0. The standard InChI is InChI=1S/C15H25N5/c1-15(2,3)13-17-12(18-14(16)19-13)9-7-10-5-6-11(8-9)20(10)4/h9-11H,5-8H2,1-4H3,(H2,16,17,18,19). The van der Waals surface area contributed by atoms with Crippen molar-refractivity contribution in [1.29, 1.82) is 0 Å². The summed E-state index contributed by atoms with van der Waals surface area (Å²) in [7, 11) is 2.25. The third-order valence-corrected chi connectivity index (χ3v) is 4.80. The first-order valence-corrected chi connectivity index (χ1v) is 7.58. The molecule has 2 unspecified atom stereocenters. The second kappa shape index (κ2) is 4.65. The average molecular weight is 275 g/mol. The summed E-state index contributed by atoms with van der Waals surface area (Å²) in [4.78, 5) is 16.0. The smallest absolute Gasteiger partial charge is 0.223 e. The molecule has 20 heavy (non-hydrogen) atoms. The third-order valence-electron chi connectivity index (χ3n) is 4.80. The Hall–Kier alpha value is -1.23. The normalized spacial score (nSPS) is 30.7. The molecule has 2 fully saturated rings. The molecular formula is C15H25N5. The molecule has 1 aromatic heterocycles. The molecule has 2 N–H and O–H groups in total. The van der Waals surface area contributed by atoms with Gasteiger partial charge in [0, 0.05) is 23.4 Å². The molecule has 0 spiro atoms. The minimum absolute atomic E-state index is 0.0871. The molecule has 0 aliphatic carbocycles. The second-order valence-corrected chi connectivity index (χ2v) is 7.34. The van der Waals surface area contributed by atoms with Crippen molar-refractivity contribution in [1.82, 2.24) is 19.9 Å². The summed E-state index contributed by atoms with van der Waals surface area (Å²) in [5.74, 6) is 2.53. The minimum Gasteiger partial charge on any atom is -0.368 e. The van der Waals surface area contributed by atoms with Gasteiger partial charge in [-0.05, 0) is 32.7 Å². The van der Waals surface area contributed by atoms with E-state index in [1.807, 2.05) is 0 Å². The van der Waals surface area contributed by atoms with Gasteiger partial charge in [-0.15, -0.1) is 0 Å². The fraction of sp³-hybridized carbons (Fsp3) is 0.800. The average Bonchev–Trinajstić information content (AvgIpc) is 2.60. The van der Waals surface area contributed by atoms with Crippen LogP contribution in [0.2, 0.25) is 0 Å². The van der Waals surface area contributed by atoms with Crippen LogP contribution in [0.25, 0.3) is 0 Å². The molecule has 2 saturated heterocycles. The van der Waals surface area contributed by atoms with Crippen LogP contribution in [-0.4, -0.2) is 39.0 Å². The largest absolute Gasteiger partial charge is 0.368 e. The molecule has 3 heterocycles. The molecule has 2 bridgehead atoms. The van der Waals surface area contributed by atoms with Crippen LogP contribution in [0.15, 0.2) is 0 Å². The van der Waals surface area contributed by atoms with Gasteiger partial charge in [-0.3, -0.25) is 0 Å². The molecule has 0 aromatic carbocycles. The molecule has 1 aromatic rings. The van der Waals surface area contributed by atoms with E-state index in [0.717, 1.165) is 24.5 Å². The summed E-state index contributed by atoms with van der Waals surface area (Å²) in [6.07, 6.45) is 4.93. The lowest BCUT2D eigenvalue weighted by atomic mass is 9.90. The molecule has 2 aliphatic rings. The molecule has 2 atom stereocenters. The van der Waals surface area contributed by atoms with Gasteiger partial charge in [-0.1, -0.05) is 20.8 Å². The van der Waals surface area contributed by atoms with E-state index in [1.165, 1.54) is 12.8 Å². The summed E-state index contributed by atoms with van der Waals surface area (Å²) >= 11 is 0. The predicted octanol–water partition coefficient (Wildman–Crippen LogP) is 2.09. The topological polar surface area (TPSA) is 67.9 Å². The fourth-order valence-electron chi connectivity index (χ4n) is 3.55. The zero-order valence-electron chi connectivity index (χ0n) is 12.9. The second-order valence-electron chi connectivity index (χ2n) is 7.34. The molecule has 110 valence electrons. The molecule has 5 nitrogen and oxygen atoms in total. The highest BCUT2D eigenvalue weighted by molar-refractivity contribution is 5.21. The molecule has 0 saturated carbocycles. The first-order valence-electron chi connectivity index (χ1n) is 7.58. The number of hydrogen-bond acceptors (Lipinski definition) is 5. The van der Waals surface area contributed by atoms with Gasteiger partial charge in [0.25, 0.3) is 0 Å². The lowest BCUT2D eigenvalue weighted by molar-refractivity contribution is 0.158. The first-order chi connectivity index (χ1) is 9.34. The number of rotatable bonds is 1. The molecule has 3 rings (SSSR count). The van der Waals surface area contributed by atoms with Crippen LogP contribution in [0.3, 0.4) is 0 Å². The molecular weight excluding hydrogens is 250 g/mol. The lowest BCUT2D eigenvalue weighted by Crippen LogP contribution is -2.39. The van der Waals surface area contributed by atoms with E-state index < -0.39 is 0 Å². The predicted molar refractivity (Wildman–Crippen MR) is 79.5 cm³/mol. The van der Waals surface area contributed by atoms with Crippen molar-refractivity contribution in [3.8, 4) is 0 Å². The number of fused-ring (bicyclic) bond motifs is 2. The van der Waals surface area contributed by atoms with Gasteiger partial charge < -0.3 is 10.6 Å². The van der Waals surface area contributed by atoms with Crippen LogP contribution in [0.1, 0.15) is 64.0 Å². The Balaban J connectivity index is 1.89. The number of hydrogen-bond donors (Lipinski definition) is 1. The number of nitrogens with two attached hydrogens (primary N) is 1. The van der Waals surface area contributed by atoms with Crippen molar-refractivity contribution in [3.05, 3.63) is 11.6 Å². The maximum Gasteiger partial charge on any atom is 0.223 e. The van der Waals surface area contributed by atoms with E-state index in [2.05, 4.69) is 42.7 Å². The van der Waals surface area contributed by atoms with Crippen molar-refractivity contribution in [2.75, 3.05) is 12.8 Å². The summed E-state index contributed by atoms with van der Waals surface area (Å²) in [6, 6.07) is 1.38. The SMILES string of the molecule is CN1C2CCC1CC(c1nc(N)nc(C(C)(C)C)n1)C2. The van der Waals surface area contributed by atoms with Crippen LogP contribution in [0.5, 0.6) is 0 Å². The van der Waals surface area contributed by atoms with Gasteiger partial charge in [0.2, 0.25) is 5.95 Å².